The van der Waals surface area contributed by atoms with E-state index in [0.29, 0.717) is 37.6 Å². The maximum Gasteiger partial charge on any atom is 0.488 e. The first-order valence-corrected chi connectivity index (χ1v) is 30.0. The highest BCUT2D eigenvalue weighted by Gasteiger charge is 2.33. The minimum absolute atomic E-state index is 0.0468. The highest BCUT2D eigenvalue weighted by Crippen LogP contribution is 2.38. The van der Waals surface area contributed by atoms with Crippen molar-refractivity contribution in [1.29, 1.82) is 0 Å². The number of hydrogen-bond acceptors (Lipinski definition) is 12. The number of sulfonamides is 2. The first-order valence-electron chi connectivity index (χ1n) is 22.4. The zero-order chi connectivity index (χ0) is 55.1. The van der Waals surface area contributed by atoms with Gasteiger partial charge in [0.2, 0.25) is 20.0 Å². The molecule has 0 saturated carbocycles. The zero-order valence-electron chi connectivity index (χ0n) is 41.9. The first kappa shape index (κ1) is 58.5. The van der Waals surface area contributed by atoms with E-state index in [2.05, 4.69) is 32.6 Å². The van der Waals surface area contributed by atoms with Crippen molar-refractivity contribution < 1.29 is 43.7 Å². The molecule has 0 unspecified atom stereocenters. The number of hydrogen-bond donors (Lipinski definition) is 2. The minimum atomic E-state index is -3.99. The van der Waals surface area contributed by atoms with E-state index in [1.165, 1.54) is 93.8 Å². The van der Waals surface area contributed by atoms with E-state index in [9.17, 15) is 33.7 Å². The molecule has 8 rings (SSSR count). The average Bonchev–Trinajstić information content (AvgIpc) is 3.92. The second kappa shape index (κ2) is 22.1. The topological polar surface area (TPSA) is 219 Å². The number of rotatable bonds is 10. The molecule has 0 fully saturated rings. The molecule has 4 aromatic heterocycles. The average molecular weight is 1240 g/mol. The van der Waals surface area contributed by atoms with Gasteiger partial charge in [0, 0.05) is 64.5 Å². The summed E-state index contributed by atoms with van der Waals surface area (Å²) in [5.74, 6) is 0. The van der Waals surface area contributed by atoms with Crippen molar-refractivity contribution in [3.05, 3.63) is 159 Å². The standard InChI is InChI=1S/C25H26ClN3O4S2.C14H10ClIN2O2S.C11H18BNO4S/c1-17-9-11-19(12-10-17)35(32,33)29-16-21(23-22(26)13-14-27-24(23)29)18-7-6-8-20(15-18)34(30,31)28(5)25(2,3)4;1-9-2-4-10(5-3-9)21(19,20)18-8-12(16)13-11(15)6-7-17-14(13)18;1-11(2,3)13(4)18(16,17)10-7-5-6-9(8-10)12(14)15/h6-16H,1-5H3;2-8H,1H3;5-8,14-15H,1-4H3. The van der Waals surface area contributed by atoms with E-state index < -0.39 is 58.3 Å². The van der Waals surface area contributed by atoms with Crippen LogP contribution in [0.25, 0.3) is 33.2 Å². The maximum absolute atomic E-state index is 13.5. The number of fused-ring (bicyclic) bond motifs is 2. The molecule has 0 saturated heterocycles. The number of aryl methyl sites for hydroxylation is 2. The number of aromatic nitrogens is 4. The minimum Gasteiger partial charge on any atom is -0.423 e. The summed E-state index contributed by atoms with van der Waals surface area (Å²) < 4.78 is 109. The van der Waals surface area contributed by atoms with Crippen LogP contribution in [0.15, 0.2) is 154 Å². The Morgan fingerprint density at radius 2 is 0.959 bits per heavy atom. The van der Waals surface area contributed by atoms with Gasteiger partial charge in [-0.2, -0.15) is 8.61 Å². The van der Waals surface area contributed by atoms with Gasteiger partial charge < -0.3 is 10.0 Å². The Morgan fingerprint density at radius 1 is 0.554 bits per heavy atom. The van der Waals surface area contributed by atoms with Gasteiger partial charge in [-0.1, -0.05) is 82.9 Å². The van der Waals surface area contributed by atoms with Gasteiger partial charge in [-0.05, 0) is 150 Å². The molecule has 0 aliphatic carbocycles. The van der Waals surface area contributed by atoms with Crippen molar-refractivity contribution in [2.75, 3.05) is 14.1 Å². The Kier molecular flexibility index (Phi) is 17.5. The van der Waals surface area contributed by atoms with Crippen molar-refractivity contribution in [2.24, 2.45) is 0 Å². The second-order valence-corrected chi connectivity index (χ2v) is 28.5. The Bertz CT molecular complexity index is 3850. The van der Waals surface area contributed by atoms with Crippen molar-refractivity contribution in [3.63, 3.8) is 0 Å². The molecule has 24 heteroatoms. The fourth-order valence-corrected chi connectivity index (χ4v) is 14.5. The van der Waals surface area contributed by atoms with Gasteiger partial charge in [0.25, 0.3) is 20.0 Å². The van der Waals surface area contributed by atoms with Crippen LogP contribution in [-0.2, 0) is 40.1 Å². The third-order valence-corrected chi connectivity index (χ3v) is 20.8. The molecule has 0 spiro atoms. The molecule has 8 aromatic rings. The van der Waals surface area contributed by atoms with Gasteiger partial charge in [0.05, 0.1) is 35.0 Å². The van der Waals surface area contributed by atoms with Crippen LogP contribution in [0.1, 0.15) is 52.7 Å². The summed E-state index contributed by atoms with van der Waals surface area (Å²) in [6, 6.07) is 28.5. The molecule has 0 amide bonds. The molecular weight excluding hydrogens is 1180 g/mol. The van der Waals surface area contributed by atoms with E-state index in [1.54, 1.807) is 87.6 Å². The molecule has 2 N–H and O–H groups in total. The van der Waals surface area contributed by atoms with Gasteiger partial charge in [-0.25, -0.2) is 51.6 Å². The SMILES string of the molecule is CN(C(C)(C)C)S(=O)(=O)c1cccc(B(O)O)c1.Cc1ccc(S(=O)(=O)n2cc(-c3cccc(S(=O)(=O)N(C)C(C)(C)C)c3)c3c(Cl)ccnc32)cc1.Cc1ccc(S(=O)(=O)n2cc(I)c3c(Cl)ccnc32)cc1. The van der Waals surface area contributed by atoms with Crippen molar-refractivity contribution in [1.82, 2.24) is 26.5 Å². The van der Waals surface area contributed by atoms with Crippen LogP contribution >= 0.6 is 45.8 Å². The van der Waals surface area contributed by atoms with Gasteiger partial charge in [-0.15, -0.1) is 0 Å². The third kappa shape index (κ3) is 12.3. The lowest BCUT2D eigenvalue weighted by Gasteiger charge is -2.31. The largest absolute Gasteiger partial charge is 0.488 e. The molecule has 0 atom stereocenters. The summed E-state index contributed by atoms with van der Waals surface area (Å²) in [5.41, 5.74) is 2.38. The summed E-state index contributed by atoms with van der Waals surface area (Å²) in [7, 11) is -13.8. The molecule has 0 aliphatic rings. The monoisotopic (exact) mass is 1230 g/mol. The zero-order valence-corrected chi connectivity index (χ0v) is 48.8. The Balaban J connectivity index is 0.000000195. The van der Waals surface area contributed by atoms with Gasteiger partial charge in [-0.3, -0.25) is 0 Å². The normalized spacial score (nSPS) is 12.7. The molecule has 0 radical (unpaired) electrons. The molecular formula is C50H54BCl2IN6O10S4. The van der Waals surface area contributed by atoms with E-state index in [-0.39, 0.29) is 30.7 Å². The fraction of sp³-hybridized carbons (Fsp3) is 0.240. The summed E-state index contributed by atoms with van der Waals surface area (Å²) in [6.07, 6.45) is 5.92. The predicted molar refractivity (Wildman–Crippen MR) is 301 cm³/mol. The van der Waals surface area contributed by atoms with Crippen molar-refractivity contribution in [3.8, 4) is 11.1 Å². The lowest BCUT2D eigenvalue weighted by molar-refractivity contribution is 0.291. The Morgan fingerprint density at radius 3 is 1.41 bits per heavy atom. The summed E-state index contributed by atoms with van der Waals surface area (Å²) in [4.78, 5) is 8.94. The fourth-order valence-electron chi connectivity index (χ4n) is 7.06. The van der Waals surface area contributed by atoms with E-state index in [1.807, 2.05) is 34.6 Å². The van der Waals surface area contributed by atoms with E-state index >= 15 is 0 Å². The van der Waals surface area contributed by atoms with Crippen LogP contribution in [0.5, 0.6) is 0 Å². The molecule has 74 heavy (non-hydrogen) atoms. The molecule has 16 nitrogen and oxygen atoms in total. The van der Waals surface area contributed by atoms with Gasteiger partial charge >= 0.3 is 7.12 Å². The highest BCUT2D eigenvalue weighted by molar-refractivity contribution is 14.1. The lowest BCUT2D eigenvalue weighted by Crippen LogP contribution is -2.42. The number of nitrogens with zero attached hydrogens (tertiary/aromatic N) is 6. The van der Waals surface area contributed by atoms with E-state index in [0.717, 1.165) is 18.7 Å². The second-order valence-electron chi connectivity index (χ2n) is 19.0. The molecule has 0 bridgehead atoms. The number of halogens is 3. The van der Waals surface area contributed by atoms with E-state index in [4.69, 9.17) is 33.2 Å². The molecule has 4 aromatic carbocycles. The summed E-state index contributed by atoms with van der Waals surface area (Å²) in [6.45, 7) is 14.6. The first-order chi connectivity index (χ1) is 34.2. The Hall–Kier alpha value is -4.73. The number of benzene rings is 4. The quantitative estimate of drug-likeness (QED) is 0.0969. The van der Waals surface area contributed by atoms with Crippen LogP contribution in [-0.4, -0.2) is 103 Å². The predicted octanol–water partition coefficient (Wildman–Crippen LogP) is 8.95. The smallest absolute Gasteiger partial charge is 0.423 e. The van der Waals surface area contributed by atoms with Gasteiger partial charge in [0.1, 0.15) is 0 Å². The van der Waals surface area contributed by atoms with Crippen molar-refractivity contribution in [2.45, 2.75) is 86.0 Å². The van der Waals surface area contributed by atoms with Crippen LogP contribution < -0.4 is 5.46 Å². The molecule has 4 heterocycles. The molecule has 0 aliphatic heterocycles. The Labute approximate surface area is 457 Å². The van der Waals surface area contributed by atoms with Crippen molar-refractivity contribution >= 4 is 121 Å². The van der Waals surface area contributed by atoms with Crippen LogP contribution in [0, 0.1) is 17.4 Å². The van der Waals surface area contributed by atoms with Crippen LogP contribution in [0.4, 0.5) is 0 Å². The van der Waals surface area contributed by atoms with Crippen LogP contribution in [0.2, 0.25) is 10.0 Å². The maximum atomic E-state index is 13.5. The highest BCUT2D eigenvalue weighted by atomic mass is 127. The molecule has 392 valence electrons. The third-order valence-electron chi connectivity index (χ3n) is 11.8. The summed E-state index contributed by atoms with van der Waals surface area (Å²) in [5, 5.41) is 20.0. The van der Waals surface area contributed by atoms with Crippen LogP contribution in [0.3, 0.4) is 0 Å². The summed E-state index contributed by atoms with van der Waals surface area (Å²) >= 11 is 14.7. The number of pyridine rings is 2. The lowest BCUT2D eigenvalue weighted by atomic mass is 9.80. The van der Waals surface area contributed by atoms with Gasteiger partial charge in [0.15, 0.2) is 11.3 Å².